The Labute approximate surface area is 135 Å². The average molecular weight is 347 g/mol. The minimum atomic E-state index is -2.81. The maximum atomic E-state index is 5.51. The molecule has 0 atom stereocenters. The molecule has 0 saturated heterocycles. The first-order chi connectivity index (χ1) is 10.5. The maximum Gasteiger partial charge on any atom is 0.536 e. The van der Waals surface area contributed by atoms with Gasteiger partial charge in [0, 0.05) is 53.9 Å². The van der Waals surface area contributed by atoms with Crippen molar-refractivity contribution < 1.29 is 26.6 Å². The summed E-state index contributed by atoms with van der Waals surface area (Å²) in [6.07, 6.45) is 0. The lowest BCUT2D eigenvalue weighted by molar-refractivity contribution is 0.122. The van der Waals surface area contributed by atoms with Crippen LogP contribution in [0.3, 0.4) is 0 Å². The molecule has 6 nitrogen and oxygen atoms in total. The molecule has 1 aromatic rings. The van der Waals surface area contributed by atoms with E-state index in [1.54, 1.807) is 42.7 Å². The molecule has 0 radical (unpaired) electrons. The first-order valence-electron chi connectivity index (χ1n) is 6.87. The monoisotopic (exact) mass is 346 g/mol. The lowest BCUT2D eigenvalue weighted by atomic mass is 10.1. The van der Waals surface area contributed by atoms with E-state index in [4.69, 9.17) is 26.6 Å². The molecule has 8 heteroatoms. The van der Waals surface area contributed by atoms with Gasteiger partial charge in [0.15, 0.2) is 0 Å². The quantitative estimate of drug-likeness (QED) is 0.623. The Morgan fingerprint density at radius 1 is 0.773 bits per heavy atom. The van der Waals surface area contributed by atoms with Crippen LogP contribution in [0.25, 0.3) is 0 Å². The molecule has 0 unspecified atom stereocenters. The molecule has 0 spiro atoms. The summed E-state index contributed by atoms with van der Waals surface area (Å²) in [4.78, 5) is 0. The molecule has 22 heavy (non-hydrogen) atoms. The summed E-state index contributed by atoms with van der Waals surface area (Å²) in [6.45, 7) is 2.03. The Morgan fingerprint density at radius 2 is 1.27 bits per heavy atom. The fourth-order valence-corrected chi connectivity index (χ4v) is 6.07. The van der Waals surface area contributed by atoms with E-state index >= 15 is 0 Å². The van der Waals surface area contributed by atoms with Gasteiger partial charge in [-0.1, -0.05) is 18.2 Å². The lowest BCUT2D eigenvalue weighted by Crippen LogP contribution is -2.54. The number of hydrogen-bond acceptors (Lipinski definition) is 6. The molecule has 0 aliphatic heterocycles. The van der Waals surface area contributed by atoms with Crippen LogP contribution in [0, 0.1) is 6.92 Å². The summed E-state index contributed by atoms with van der Waals surface area (Å²) in [7, 11) is 4.16. The molecular formula is C14H26O6Si2. The summed E-state index contributed by atoms with van der Waals surface area (Å²) in [5.74, 6) is 0. The molecule has 0 fully saturated rings. The predicted molar refractivity (Wildman–Crippen MR) is 88.1 cm³/mol. The summed E-state index contributed by atoms with van der Waals surface area (Å²) in [5, 5.41) is 0.917. The molecule has 1 rings (SSSR count). The van der Waals surface area contributed by atoms with Crippen LogP contribution in [0.15, 0.2) is 18.2 Å². The molecular weight excluding hydrogens is 320 g/mol. The van der Waals surface area contributed by atoms with Crippen LogP contribution in [0.5, 0.6) is 0 Å². The Morgan fingerprint density at radius 3 is 1.64 bits per heavy atom. The molecule has 0 N–H and O–H groups in total. The zero-order valence-electron chi connectivity index (χ0n) is 14.4. The van der Waals surface area contributed by atoms with Gasteiger partial charge in [0.2, 0.25) is 0 Å². The van der Waals surface area contributed by atoms with E-state index in [1.807, 2.05) is 25.1 Å². The highest BCUT2D eigenvalue weighted by atomic mass is 28.4. The molecule has 1 aromatic carbocycles. The topological polar surface area (TPSA) is 55.4 Å². The third-order valence-electron chi connectivity index (χ3n) is 3.84. The number of hydrogen-bond donors (Lipinski definition) is 0. The molecule has 0 bridgehead atoms. The van der Waals surface area contributed by atoms with Crippen molar-refractivity contribution in [3.8, 4) is 0 Å². The van der Waals surface area contributed by atoms with Crippen LogP contribution in [0.2, 0.25) is 0 Å². The van der Waals surface area contributed by atoms with Crippen molar-refractivity contribution in [2.75, 3.05) is 42.7 Å². The van der Waals surface area contributed by atoms with E-state index < -0.39 is 17.6 Å². The van der Waals surface area contributed by atoms with Gasteiger partial charge < -0.3 is 26.6 Å². The Kier molecular flexibility index (Phi) is 7.36. The first-order valence-corrected chi connectivity index (χ1v) is 10.5. The van der Waals surface area contributed by atoms with E-state index in [9.17, 15) is 0 Å². The highest BCUT2D eigenvalue weighted by molar-refractivity contribution is 6.75. The first kappa shape index (κ1) is 19.5. The van der Waals surface area contributed by atoms with Crippen molar-refractivity contribution in [1.29, 1.82) is 0 Å². The average Bonchev–Trinajstić information content (AvgIpc) is 2.57. The smallest absolute Gasteiger partial charge is 0.377 e. The number of aryl methyl sites for hydroxylation is 1. The molecule has 0 aliphatic rings. The van der Waals surface area contributed by atoms with E-state index in [1.165, 1.54) is 0 Å². The van der Waals surface area contributed by atoms with Crippen molar-refractivity contribution in [2.45, 2.75) is 13.0 Å². The van der Waals surface area contributed by atoms with Crippen LogP contribution >= 0.6 is 0 Å². The number of rotatable bonds is 9. The van der Waals surface area contributed by atoms with Gasteiger partial charge >= 0.3 is 17.6 Å². The summed E-state index contributed by atoms with van der Waals surface area (Å²) in [6, 6.07) is 6.61. The van der Waals surface area contributed by atoms with Gasteiger partial charge in [0.1, 0.15) is 0 Å². The van der Waals surface area contributed by atoms with Gasteiger partial charge in [-0.05, 0) is 18.1 Å². The summed E-state index contributed by atoms with van der Waals surface area (Å²) in [5.41, 5.74) is 2.19. The molecule has 0 saturated carbocycles. The van der Waals surface area contributed by atoms with Gasteiger partial charge in [-0.25, -0.2) is 0 Å². The van der Waals surface area contributed by atoms with Crippen molar-refractivity contribution in [3.05, 3.63) is 29.3 Å². The molecule has 0 aliphatic carbocycles. The summed E-state index contributed by atoms with van der Waals surface area (Å²) < 4.78 is 33.0. The largest absolute Gasteiger partial charge is 0.536 e. The maximum absolute atomic E-state index is 5.51. The standard InChI is InChI=1S/C14H26O6Si2/c1-12-10-14(22(18-5,19-6)20-7)9-8-13(12)11-21(15-2,16-3)17-4/h8-10H,11H2,1-7H3. The second kappa shape index (κ2) is 8.32. The zero-order chi connectivity index (χ0) is 16.8. The van der Waals surface area contributed by atoms with Crippen LogP contribution in [0.1, 0.15) is 11.1 Å². The Balaban J connectivity index is 3.14. The second-order valence-electron chi connectivity index (χ2n) is 4.78. The Bertz CT molecular complexity index is 458. The minimum Gasteiger partial charge on any atom is -0.377 e. The zero-order valence-corrected chi connectivity index (χ0v) is 16.4. The fraction of sp³-hybridized carbons (Fsp3) is 0.571. The minimum absolute atomic E-state index is 0.601. The third-order valence-corrected chi connectivity index (χ3v) is 9.15. The molecule has 0 aromatic heterocycles. The summed E-state index contributed by atoms with van der Waals surface area (Å²) >= 11 is 0. The molecule has 0 heterocycles. The van der Waals surface area contributed by atoms with Crippen molar-refractivity contribution >= 4 is 22.8 Å². The SMILES string of the molecule is CO[Si](Cc1ccc([Si](OC)(OC)OC)cc1C)(OC)OC. The third kappa shape index (κ3) is 3.84. The predicted octanol–water partition coefficient (Wildman–Crippen LogP) is 1.04. The highest BCUT2D eigenvalue weighted by Gasteiger charge is 2.42. The van der Waals surface area contributed by atoms with E-state index in [2.05, 4.69) is 0 Å². The van der Waals surface area contributed by atoms with Crippen LogP contribution in [0.4, 0.5) is 0 Å². The van der Waals surface area contributed by atoms with Crippen molar-refractivity contribution in [3.63, 3.8) is 0 Å². The van der Waals surface area contributed by atoms with Crippen LogP contribution in [-0.4, -0.2) is 60.3 Å². The highest BCUT2D eigenvalue weighted by Crippen LogP contribution is 2.18. The molecule has 0 amide bonds. The Hall–Kier alpha value is -0.586. The van der Waals surface area contributed by atoms with Gasteiger partial charge in [0.25, 0.3) is 0 Å². The van der Waals surface area contributed by atoms with Gasteiger partial charge in [-0.2, -0.15) is 0 Å². The van der Waals surface area contributed by atoms with Gasteiger partial charge in [-0.15, -0.1) is 0 Å². The van der Waals surface area contributed by atoms with Crippen molar-refractivity contribution in [2.24, 2.45) is 0 Å². The normalized spacial score (nSPS) is 12.7. The van der Waals surface area contributed by atoms with Gasteiger partial charge in [-0.3, -0.25) is 0 Å². The lowest BCUT2D eigenvalue weighted by Gasteiger charge is -2.27. The van der Waals surface area contributed by atoms with Crippen molar-refractivity contribution in [1.82, 2.24) is 0 Å². The van der Waals surface area contributed by atoms with E-state index in [-0.39, 0.29) is 0 Å². The molecule has 126 valence electrons. The van der Waals surface area contributed by atoms with E-state index in [0.29, 0.717) is 6.04 Å². The number of benzene rings is 1. The van der Waals surface area contributed by atoms with Gasteiger partial charge in [0.05, 0.1) is 0 Å². The van der Waals surface area contributed by atoms with E-state index in [0.717, 1.165) is 16.3 Å². The fourth-order valence-electron chi connectivity index (χ4n) is 2.39. The second-order valence-corrected chi connectivity index (χ2v) is 10.6. The van der Waals surface area contributed by atoms with Crippen LogP contribution in [-0.2, 0) is 32.6 Å². The van der Waals surface area contributed by atoms with Crippen LogP contribution < -0.4 is 5.19 Å².